The van der Waals surface area contributed by atoms with Crippen LogP contribution in [0.1, 0.15) is 111 Å². The predicted molar refractivity (Wildman–Crippen MR) is 286 cm³/mol. The van der Waals surface area contributed by atoms with Crippen LogP contribution in [0.3, 0.4) is 0 Å². The second kappa shape index (κ2) is 21.6. The number of amides is 1. The van der Waals surface area contributed by atoms with E-state index in [4.69, 9.17) is 25.8 Å². The fourth-order valence-electron chi connectivity index (χ4n) is 11.7. The van der Waals surface area contributed by atoms with Crippen molar-refractivity contribution in [3.05, 3.63) is 134 Å². The number of nitro groups is 1. The van der Waals surface area contributed by atoms with Crippen LogP contribution in [0.4, 0.5) is 15.8 Å². The van der Waals surface area contributed by atoms with Gasteiger partial charge >= 0.3 is 5.69 Å². The van der Waals surface area contributed by atoms with Gasteiger partial charge in [-0.3, -0.25) is 24.7 Å². The third-order valence-electron chi connectivity index (χ3n) is 16.1. The van der Waals surface area contributed by atoms with Gasteiger partial charge in [0.25, 0.3) is 27.7 Å². The van der Waals surface area contributed by atoms with E-state index in [0.29, 0.717) is 37.6 Å². The highest BCUT2D eigenvalue weighted by Gasteiger charge is 2.50. The summed E-state index contributed by atoms with van der Waals surface area (Å²) >= 11 is 6.23. The molecule has 3 aromatic carbocycles. The molecule has 0 radical (unpaired) electrons. The molecule has 1 spiro atoms. The summed E-state index contributed by atoms with van der Waals surface area (Å²) in [6.07, 6.45) is 8.50. The van der Waals surface area contributed by atoms with Gasteiger partial charge in [-0.05, 0) is 116 Å². The van der Waals surface area contributed by atoms with Crippen LogP contribution in [0.2, 0.25) is 5.02 Å². The molecule has 2 saturated carbocycles. The number of pyridine rings is 2. The van der Waals surface area contributed by atoms with Gasteiger partial charge < -0.3 is 29.2 Å². The molecule has 5 heterocycles. The summed E-state index contributed by atoms with van der Waals surface area (Å²) in [5.41, 5.74) is 3.45. The van der Waals surface area contributed by atoms with Gasteiger partial charge in [0.2, 0.25) is 0 Å². The number of carbonyl (C=O) groups excluding carboxylic acids is 1. The van der Waals surface area contributed by atoms with Gasteiger partial charge in [-0.2, -0.15) is 4.98 Å². The SMILES string of the molecule is COc1nc2[nH]cc(F)c2cc1Oc1cc(N2CCC3(CC2)CC(N2CCN(Cc4ccc(Cl)cc4)C[C@H]2c2ccccc2C(C)C)C3)ccc1C(=O)NS(=O)(=O)c1cnc(OCC2CCC(C)(O)CC2)c([N+](=O)[O-])c1. The van der Waals surface area contributed by atoms with Crippen LogP contribution in [0.15, 0.2) is 96.2 Å². The number of hydrogen-bond donors (Lipinski definition) is 3. The highest BCUT2D eigenvalue weighted by molar-refractivity contribution is 7.90. The van der Waals surface area contributed by atoms with Crippen molar-refractivity contribution in [2.24, 2.45) is 11.3 Å². The zero-order valence-corrected chi connectivity index (χ0v) is 44.7. The summed E-state index contributed by atoms with van der Waals surface area (Å²) in [4.78, 5) is 43.6. The number of H-pyrrole nitrogens is 1. The zero-order chi connectivity index (χ0) is 53.5. The number of nitrogens with one attached hydrogen (secondary N) is 2. The van der Waals surface area contributed by atoms with Gasteiger partial charge in [-0.1, -0.05) is 61.8 Å². The molecule has 1 amide bonds. The summed E-state index contributed by atoms with van der Waals surface area (Å²) in [6.45, 7) is 11.6. The average molecular weight is 1080 g/mol. The Morgan fingerprint density at radius 3 is 2.43 bits per heavy atom. The molecule has 0 bridgehead atoms. The summed E-state index contributed by atoms with van der Waals surface area (Å²) in [7, 11) is -3.40. The first-order valence-corrected chi connectivity index (χ1v) is 27.9. The quantitative estimate of drug-likeness (QED) is 0.0609. The second-order valence-electron chi connectivity index (χ2n) is 21.7. The lowest BCUT2D eigenvalue weighted by Crippen LogP contribution is -2.60. The zero-order valence-electron chi connectivity index (χ0n) is 43.1. The fraction of sp³-hybridized carbons (Fsp3) is 0.446. The Morgan fingerprint density at radius 1 is 0.987 bits per heavy atom. The molecule has 76 heavy (non-hydrogen) atoms. The highest BCUT2D eigenvalue weighted by Crippen LogP contribution is 2.53. The molecule has 3 N–H and O–H groups in total. The average Bonchev–Trinajstić information content (AvgIpc) is 3.78. The number of ether oxygens (including phenoxy) is 3. The molecule has 4 fully saturated rings. The fourth-order valence-corrected chi connectivity index (χ4v) is 12.8. The normalized spacial score (nSPS) is 21.4. The van der Waals surface area contributed by atoms with Crippen LogP contribution in [0.25, 0.3) is 11.0 Å². The Kier molecular flexibility index (Phi) is 15.0. The molecule has 2 aliphatic heterocycles. The monoisotopic (exact) mass is 1080 g/mol. The van der Waals surface area contributed by atoms with Crippen molar-refractivity contribution < 1.29 is 41.8 Å². The molecule has 4 aliphatic rings. The van der Waals surface area contributed by atoms with Crippen LogP contribution in [0.5, 0.6) is 23.3 Å². The molecule has 20 heteroatoms. The number of anilines is 1. The smallest absolute Gasteiger partial charge is 0.332 e. The molecule has 3 aromatic heterocycles. The van der Waals surface area contributed by atoms with Crippen LogP contribution in [-0.2, 0) is 16.6 Å². The standard InChI is InChI=1S/C56H64ClFN8O9S/c1-35(2)42-7-5-6-8-43(42)48-33-63(32-36-9-11-38(57)12-10-36)23-24-65(48)40-28-56(29-40)19-21-64(22-20-56)39-13-14-44(49(25-39)75-50-27-45-46(58)31-59-51(45)61-54(50)73-4)52(67)62-76(71,72)41-26-47(66(69)70)53(60-30-41)74-34-37-15-17-55(3,68)18-16-37/h5-14,25-27,30-31,35,37,40,48,68H,15-24,28-29,32-34H2,1-4H3,(H,59,61)(H,62,67)/t37?,48-,55?/m0/s1. The Labute approximate surface area is 446 Å². The Morgan fingerprint density at radius 2 is 1.72 bits per heavy atom. The molecule has 6 aromatic rings. The van der Waals surface area contributed by atoms with Crippen LogP contribution in [0, 0.1) is 27.3 Å². The van der Waals surface area contributed by atoms with E-state index in [9.17, 15) is 32.8 Å². The van der Waals surface area contributed by atoms with E-state index in [-0.39, 0.29) is 63.8 Å². The van der Waals surface area contributed by atoms with Gasteiger partial charge in [0.05, 0.1) is 41.4 Å². The minimum atomic E-state index is -4.77. The van der Waals surface area contributed by atoms with Gasteiger partial charge in [-0.25, -0.2) is 22.5 Å². The molecule has 2 saturated heterocycles. The lowest BCUT2D eigenvalue weighted by atomic mass is 9.59. The number of fused-ring (bicyclic) bond motifs is 1. The number of nitrogens with zero attached hydrogens (tertiary/aromatic N) is 6. The number of methoxy groups -OCH3 is 1. The number of piperazine rings is 1. The number of benzene rings is 3. The highest BCUT2D eigenvalue weighted by atomic mass is 35.5. The lowest BCUT2D eigenvalue weighted by molar-refractivity contribution is -0.386. The topological polar surface area (TPSA) is 206 Å². The third-order valence-corrected chi connectivity index (χ3v) is 17.7. The number of carbonyl (C=O) groups is 1. The Hall–Kier alpha value is -6.38. The minimum Gasteiger partial charge on any atom is -0.478 e. The summed E-state index contributed by atoms with van der Waals surface area (Å²) in [6, 6.07) is 24.7. The van der Waals surface area contributed by atoms with Crippen molar-refractivity contribution >= 4 is 49.9 Å². The first kappa shape index (κ1) is 53.0. The Bertz CT molecular complexity index is 3220. The molecule has 17 nitrogen and oxygen atoms in total. The van der Waals surface area contributed by atoms with Crippen molar-refractivity contribution in [2.45, 2.75) is 107 Å². The second-order valence-corrected chi connectivity index (χ2v) is 23.8. The molecule has 0 unspecified atom stereocenters. The first-order chi connectivity index (χ1) is 36.4. The lowest BCUT2D eigenvalue weighted by Gasteiger charge is -2.58. The maximum Gasteiger partial charge on any atom is 0.332 e. The van der Waals surface area contributed by atoms with E-state index in [1.54, 1.807) is 19.1 Å². The molecule has 402 valence electrons. The van der Waals surface area contributed by atoms with Crippen molar-refractivity contribution in [1.29, 1.82) is 0 Å². The molecular formula is C56H64ClFN8O9S. The molecular weight excluding hydrogens is 1020 g/mol. The van der Waals surface area contributed by atoms with Gasteiger partial charge in [-0.15, -0.1) is 0 Å². The first-order valence-electron chi connectivity index (χ1n) is 26.0. The van der Waals surface area contributed by atoms with Crippen LogP contribution < -0.4 is 23.8 Å². The summed E-state index contributed by atoms with van der Waals surface area (Å²) in [5.74, 6) is -1.77. The van der Waals surface area contributed by atoms with Crippen molar-refractivity contribution in [3.8, 4) is 23.3 Å². The van der Waals surface area contributed by atoms with Crippen LogP contribution >= 0.6 is 11.6 Å². The number of piperidine rings is 1. The van der Waals surface area contributed by atoms with E-state index in [0.717, 1.165) is 94.1 Å². The summed E-state index contributed by atoms with van der Waals surface area (Å²) in [5, 5.41) is 23.4. The van der Waals surface area contributed by atoms with Crippen LogP contribution in [-0.4, -0.2) is 107 Å². The van der Waals surface area contributed by atoms with Crippen molar-refractivity contribution in [3.63, 3.8) is 0 Å². The predicted octanol–water partition coefficient (Wildman–Crippen LogP) is 10.3. The number of rotatable bonds is 16. The van der Waals surface area contributed by atoms with E-state index in [2.05, 4.69) is 79.9 Å². The number of aromatic amines is 1. The number of aliphatic hydroxyl groups is 1. The molecule has 1 atom stereocenters. The maximum atomic E-state index is 14.9. The number of aromatic nitrogens is 3. The third kappa shape index (κ3) is 11.3. The van der Waals surface area contributed by atoms with E-state index >= 15 is 0 Å². The van der Waals surface area contributed by atoms with E-state index in [1.165, 1.54) is 35.9 Å². The van der Waals surface area contributed by atoms with E-state index < -0.39 is 42.9 Å². The Balaban J connectivity index is 0.858. The van der Waals surface area contributed by atoms with Crippen molar-refractivity contribution in [1.82, 2.24) is 29.5 Å². The maximum absolute atomic E-state index is 14.9. The minimum absolute atomic E-state index is 0.0196. The van der Waals surface area contributed by atoms with Gasteiger partial charge in [0, 0.05) is 86.5 Å². The summed E-state index contributed by atoms with van der Waals surface area (Å²) < 4.78 is 62.3. The van der Waals surface area contributed by atoms with Gasteiger partial charge in [0.15, 0.2) is 5.75 Å². The van der Waals surface area contributed by atoms with Gasteiger partial charge in [0.1, 0.15) is 22.1 Å². The number of halogens is 2. The number of hydrogen-bond acceptors (Lipinski definition) is 14. The molecule has 10 rings (SSSR count). The van der Waals surface area contributed by atoms with Crippen molar-refractivity contribution in [2.75, 3.05) is 51.3 Å². The number of sulfonamides is 1. The van der Waals surface area contributed by atoms with E-state index in [1.807, 2.05) is 16.9 Å². The largest absolute Gasteiger partial charge is 0.478 e. The molecule has 2 aliphatic carbocycles.